The maximum atomic E-state index is 13.6. The lowest BCUT2D eigenvalue weighted by Crippen LogP contribution is -2.41. The molecular formula is C20H23FN4O2. The summed E-state index contributed by atoms with van der Waals surface area (Å²) in [7, 11) is 0. The summed E-state index contributed by atoms with van der Waals surface area (Å²) in [6, 6.07) is 9.78. The highest BCUT2D eigenvalue weighted by molar-refractivity contribution is 5.93. The van der Waals surface area contributed by atoms with Crippen molar-refractivity contribution in [2.24, 2.45) is 5.92 Å². The van der Waals surface area contributed by atoms with Gasteiger partial charge in [-0.15, -0.1) is 0 Å². The van der Waals surface area contributed by atoms with Crippen LogP contribution in [0, 0.1) is 18.7 Å². The molecule has 0 unspecified atom stereocenters. The number of nitrogens with one attached hydrogen (secondary N) is 2. The van der Waals surface area contributed by atoms with E-state index in [4.69, 9.17) is 0 Å². The third-order valence-electron chi connectivity index (χ3n) is 4.64. The van der Waals surface area contributed by atoms with Gasteiger partial charge in [0.15, 0.2) is 0 Å². The largest absolute Gasteiger partial charge is 0.322 e. The van der Waals surface area contributed by atoms with Crippen molar-refractivity contribution in [3.05, 3.63) is 54.0 Å². The van der Waals surface area contributed by atoms with Gasteiger partial charge in [0.2, 0.25) is 11.8 Å². The molecule has 0 spiro atoms. The molecule has 2 amide bonds. The number of halogens is 1. The van der Waals surface area contributed by atoms with Gasteiger partial charge in [0.1, 0.15) is 11.6 Å². The van der Waals surface area contributed by atoms with E-state index in [0.29, 0.717) is 31.7 Å². The van der Waals surface area contributed by atoms with E-state index in [2.05, 4.69) is 15.6 Å². The Morgan fingerprint density at radius 3 is 2.56 bits per heavy atom. The zero-order valence-corrected chi connectivity index (χ0v) is 15.2. The fourth-order valence-corrected chi connectivity index (χ4v) is 3.08. The SMILES string of the molecule is Cc1ccc(NC(=O)C2CCN(CC(=O)Nc3ccccc3F)CC2)nc1. The summed E-state index contributed by atoms with van der Waals surface area (Å²) in [5, 5.41) is 5.43. The number of aryl methyl sites for hydroxylation is 1. The lowest BCUT2D eigenvalue weighted by atomic mass is 9.96. The molecule has 0 saturated carbocycles. The van der Waals surface area contributed by atoms with Crippen molar-refractivity contribution in [1.82, 2.24) is 9.88 Å². The Kier molecular flexibility index (Phi) is 6.13. The molecule has 0 aliphatic carbocycles. The van der Waals surface area contributed by atoms with Crippen molar-refractivity contribution in [2.45, 2.75) is 19.8 Å². The van der Waals surface area contributed by atoms with Crippen LogP contribution >= 0.6 is 0 Å². The molecular weight excluding hydrogens is 347 g/mol. The summed E-state index contributed by atoms with van der Waals surface area (Å²) in [6.07, 6.45) is 3.06. The van der Waals surface area contributed by atoms with Gasteiger partial charge in [-0.05, 0) is 56.6 Å². The molecule has 1 aliphatic rings. The van der Waals surface area contributed by atoms with Crippen LogP contribution in [-0.2, 0) is 9.59 Å². The number of pyridine rings is 1. The van der Waals surface area contributed by atoms with Gasteiger partial charge >= 0.3 is 0 Å². The molecule has 3 rings (SSSR count). The van der Waals surface area contributed by atoms with Crippen LogP contribution in [0.4, 0.5) is 15.9 Å². The van der Waals surface area contributed by atoms with Crippen LogP contribution in [0.15, 0.2) is 42.6 Å². The number of para-hydroxylation sites is 1. The molecule has 2 N–H and O–H groups in total. The molecule has 2 aromatic rings. The smallest absolute Gasteiger partial charge is 0.238 e. The zero-order valence-electron chi connectivity index (χ0n) is 15.2. The molecule has 1 aromatic carbocycles. The number of aromatic nitrogens is 1. The van der Waals surface area contributed by atoms with Gasteiger partial charge in [-0.2, -0.15) is 0 Å². The number of hydrogen-bond donors (Lipinski definition) is 2. The van der Waals surface area contributed by atoms with Gasteiger partial charge in [-0.25, -0.2) is 9.37 Å². The van der Waals surface area contributed by atoms with Crippen molar-refractivity contribution >= 4 is 23.3 Å². The van der Waals surface area contributed by atoms with Crippen molar-refractivity contribution in [3.63, 3.8) is 0 Å². The topological polar surface area (TPSA) is 74.3 Å². The molecule has 1 fully saturated rings. The molecule has 27 heavy (non-hydrogen) atoms. The highest BCUT2D eigenvalue weighted by Gasteiger charge is 2.26. The Labute approximate surface area is 157 Å². The molecule has 1 aromatic heterocycles. The second-order valence-corrected chi connectivity index (χ2v) is 6.79. The number of likely N-dealkylation sites (tertiary alicyclic amines) is 1. The van der Waals surface area contributed by atoms with Gasteiger partial charge in [0.25, 0.3) is 0 Å². The van der Waals surface area contributed by atoms with Gasteiger partial charge in [0, 0.05) is 12.1 Å². The van der Waals surface area contributed by atoms with Crippen molar-refractivity contribution in [2.75, 3.05) is 30.3 Å². The van der Waals surface area contributed by atoms with Crippen LogP contribution in [0.5, 0.6) is 0 Å². The number of carbonyl (C=O) groups excluding carboxylic acids is 2. The van der Waals surface area contributed by atoms with Gasteiger partial charge in [-0.1, -0.05) is 18.2 Å². The van der Waals surface area contributed by atoms with Crippen LogP contribution in [0.3, 0.4) is 0 Å². The fraction of sp³-hybridized carbons (Fsp3) is 0.350. The first kappa shape index (κ1) is 19.0. The van der Waals surface area contributed by atoms with E-state index < -0.39 is 5.82 Å². The van der Waals surface area contributed by atoms with Gasteiger partial charge in [0.05, 0.1) is 12.2 Å². The van der Waals surface area contributed by atoms with Crippen LogP contribution in [0.25, 0.3) is 0 Å². The summed E-state index contributed by atoms with van der Waals surface area (Å²) >= 11 is 0. The number of nitrogens with zero attached hydrogens (tertiary/aromatic N) is 2. The normalized spacial score (nSPS) is 15.3. The predicted octanol–water partition coefficient (Wildman–Crippen LogP) is 2.82. The maximum absolute atomic E-state index is 13.6. The summed E-state index contributed by atoms with van der Waals surface area (Å²) in [6.45, 7) is 3.41. The van der Waals surface area contributed by atoms with E-state index in [0.717, 1.165) is 5.56 Å². The quantitative estimate of drug-likeness (QED) is 0.849. The first-order chi connectivity index (χ1) is 13.0. The molecule has 0 atom stereocenters. The maximum Gasteiger partial charge on any atom is 0.238 e. The zero-order chi connectivity index (χ0) is 19.2. The summed E-state index contributed by atoms with van der Waals surface area (Å²) in [5.74, 6) is -0.295. The summed E-state index contributed by atoms with van der Waals surface area (Å²) in [4.78, 5) is 30.6. The van der Waals surface area contributed by atoms with E-state index in [1.165, 1.54) is 12.1 Å². The Bertz CT molecular complexity index is 802. The molecule has 7 heteroatoms. The van der Waals surface area contributed by atoms with E-state index in [-0.39, 0.29) is 30.0 Å². The minimum absolute atomic E-state index is 0.0400. The number of benzene rings is 1. The van der Waals surface area contributed by atoms with Crippen molar-refractivity contribution in [1.29, 1.82) is 0 Å². The molecule has 2 heterocycles. The third kappa shape index (κ3) is 5.34. The van der Waals surface area contributed by atoms with E-state index in [9.17, 15) is 14.0 Å². The average molecular weight is 370 g/mol. The standard InChI is InChI=1S/C20H23FN4O2/c1-14-6-7-18(22-12-14)24-20(27)15-8-10-25(11-9-15)13-19(26)23-17-5-3-2-4-16(17)21/h2-7,12,15H,8-11,13H2,1H3,(H,23,26)(H,22,24,27). The highest BCUT2D eigenvalue weighted by Crippen LogP contribution is 2.19. The third-order valence-corrected chi connectivity index (χ3v) is 4.64. The Balaban J connectivity index is 1.44. The average Bonchev–Trinajstić information content (AvgIpc) is 2.66. The minimum atomic E-state index is -0.453. The Morgan fingerprint density at radius 2 is 1.89 bits per heavy atom. The number of carbonyl (C=O) groups is 2. The molecule has 1 saturated heterocycles. The summed E-state index contributed by atoms with van der Waals surface area (Å²) in [5.41, 5.74) is 1.22. The van der Waals surface area contributed by atoms with Crippen LogP contribution in [0.1, 0.15) is 18.4 Å². The number of anilines is 2. The number of rotatable bonds is 5. The monoisotopic (exact) mass is 370 g/mol. The molecule has 0 bridgehead atoms. The lowest BCUT2D eigenvalue weighted by Gasteiger charge is -2.30. The first-order valence-corrected chi connectivity index (χ1v) is 9.01. The number of hydrogen-bond acceptors (Lipinski definition) is 4. The first-order valence-electron chi connectivity index (χ1n) is 9.01. The van der Waals surface area contributed by atoms with E-state index in [1.807, 2.05) is 17.9 Å². The second kappa shape index (κ2) is 8.73. The molecule has 142 valence electrons. The van der Waals surface area contributed by atoms with Crippen molar-refractivity contribution in [3.8, 4) is 0 Å². The number of piperidine rings is 1. The Morgan fingerprint density at radius 1 is 1.15 bits per heavy atom. The Hall–Kier alpha value is -2.80. The van der Waals surface area contributed by atoms with Crippen LogP contribution < -0.4 is 10.6 Å². The fourth-order valence-electron chi connectivity index (χ4n) is 3.08. The van der Waals surface area contributed by atoms with Crippen molar-refractivity contribution < 1.29 is 14.0 Å². The van der Waals surface area contributed by atoms with Gasteiger partial charge in [-0.3, -0.25) is 14.5 Å². The van der Waals surface area contributed by atoms with E-state index in [1.54, 1.807) is 24.4 Å². The van der Waals surface area contributed by atoms with E-state index >= 15 is 0 Å². The molecule has 0 radical (unpaired) electrons. The lowest BCUT2D eigenvalue weighted by molar-refractivity contribution is -0.121. The number of amides is 2. The summed E-state index contributed by atoms with van der Waals surface area (Å²) < 4.78 is 13.6. The predicted molar refractivity (Wildman–Crippen MR) is 102 cm³/mol. The van der Waals surface area contributed by atoms with Gasteiger partial charge < -0.3 is 10.6 Å². The molecule has 6 nitrogen and oxygen atoms in total. The van der Waals surface area contributed by atoms with Crippen LogP contribution in [-0.4, -0.2) is 41.3 Å². The van der Waals surface area contributed by atoms with Crippen LogP contribution in [0.2, 0.25) is 0 Å². The highest BCUT2D eigenvalue weighted by atomic mass is 19.1. The second-order valence-electron chi connectivity index (χ2n) is 6.79. The molecule has 1 aliphatic heterocycles. The minimum Gasteiger partial charge on any atom is -0.322 e.